The zero-order chi connectivity index (χ0) is 28.8. The molecule has 2 heteroatoms. The van der Waals surface area contributed by atoms with Crippen LogP contribution >= 0.6 is 0 Å². The van der Waals surface area contributed by atoms with E-state index in [0.717, 1.165) is 54.8 Å². The van der Waals surface area contributed by atoms with E-state index < -0.39 is 0 Å². The molecule has 40 heavy (non-hydrogen) atoms. The Morgan fingerprint density at radius 2 is 1.60 bits per heavy atom. The first-order chi connectivity index (χ1) is 19.2. The van der Waals surface area contributed by atoms with Crippen molar-refractivity contribution >= 4 is 5.97 Å². The fraction of sp³-hybridized carbons (Fsp3) is 0.921. The average molecular weight is 555 g/mol. The highest BCUT2D eigenvalue weighted by molar-refractivity contribution is 5.69. The van der Waals surface area contributed by atoms with Gasteiger partial charge in [-0.05, 0) is 97.7 Å². The minimum absolute atomic E-state index is 0.0572. The second kappa shape index (κ2) is 14.6. The van der Waals surface area contributed by atoms with Gasteiger partial charge in [0.25, 0.3) is 0 Å². The maximum atomic E-state index is 12.7. The molecule has 0 bridgehead atoms. The van der Waals surface area contributed by atoms with Crippen LogP contribution in [0.5, 0.6) is 0 Å². The van der Waals surface area contributed by atoms with Gasteiger partial charge in [0.2, 0.25) is 0 Å². The molecule has 2 nitrogen and oxygen atoms in total. The number of rotatable bonds is 15. The predicted octanol–water partition coefficient (Wildman–Crippen LogP) is 11.5. The van der Waals surface area contributed by atoms with Crippen molar-refractivity contribution in [3.63, 3.8) is 0 Å². The van der Waals surface area contributed by atoms with Gasteiger partial charge in [-0.3, -0.25) is 4.79 Å². The molecule has 3 saturated carbocycles. The highest BCUT2D eigenvalue weighted by Crippen LogP contribution is 2.67. The molecule has 230 valence electrons. The monoisotopic (exact) mass is 555 g/mol. The van der Waals surface area contributed by atoms with E-state index in [4.69, 9.17) is 4.74 Å². The number of unbranched alkanes of at least 4 members (excludes halogenated alkanes) is 7. The number of carbonyl (C=O) groups excluding carboxylic acids is 1. The zero-order valence-corrected chi connectivity index (χ0v) is 27.6. The van der Waals surface area contributed by atoms with Gasteiger partial charge in [0.1, 0.15) is 6.10 Å². The van der Waals surface area contributed by atoms with Gasteiger partial charge in [-0.15, -0.1) is 0 Å². The molecule has 8 atom stereocenters. The Labute approximate surface area is 249 Å². The van der Waals surface area contributed by atoms with E-state index in [1.807, 2.05) is 0 Å². The molecular formula is C38H66O2. The van der Waals surface area contributed by atoms with Gasteiger partial charge >= 0.3 is 5.97 Å². The van der Waals surface area contributed by atoms with Crippen LogP contribution in [0.4, 0.5) is 0 Å². The third kappa shape index (κ3) is 7.40. The molecular weight excluding hydrogens is 488 g/mol. The minimum Gasteiger partial charge on any atom is -0.462 e. The quantitative estimate of drug-likeness (QED) is 0.114. The van der Waals surface area contributed by atoms with Crippen molar-refractivity contribution in [2.45, 2.75) is 176 Å². The predicted molar refractivity (Wildman–Crippen MR) is 170 cm³/mol. The molecule has 0 N–H and O–H groups in total. The van der Waals surface area contributed by atoms with E-state index in [1.54, 1.807) is 5.57 Å². The van der Waals surface area contributed by atoms with E-state index >= 15 is 0 Å². The van der Waals surface area contributed by atoms with Gasteiger partial charge in [-0.2, -0.15) is 0 Å². The van der Waals surface area contributed by atoms with Crippen molar-refractivity contribution in [2.75, 3.05) is 0 Å². The van der Waals surface area contributed by atoms with Gasteiger partial charge in [0.05, 0.1) is 0 Å². The molecule has 0 amide bonds. The number of fused-ring (bicyclic) bond motifs is 5. The van der Waals surface area contributed by atoms with Crippen LogP contribution in [0.2, 0.25) is 0 Å². The summed E-state index contributed by atoms with van der Waals surface area (Å²) in [6.45, 7) is 14.9. The van der Waals surface area contributed by atoms with Crippen LogP contribution in [0.3, 0.4) is 0 Å². The van der Waals surface area contributed by atoms with Crippen LogP contribution in [-0.2, 0) is 9.53 Å². The van der Waals surface area contributed by atoms with Gasteiger partial charge in [-0.25, -0.2) is 0 Å². The SMILES string of the molecule is CCCCCCCCCCC(=O)O[C@@H]1CC[C@@]2(C)C(=CC[C@H]3[C@@H]4CC[C@H]([C@@H](C)CCCC(C)C)[C@@]4(C)CC[C@@H]32)C1. The van der Waals surface area contributed by atoms with Crippen LogP contribution in [0.25, 0.3) is 0 Å². The molecule has 0 aromatic heterocycles. The fourth-order valence-corrected chi connectivity index (χ4v) is 10.4. The molecule has 0 unspecified atom stereocenters. The number of allylic oxidation sites excluding steroid dienone is 1. The summed E-state index contributed by atoms with van der Waals surface area (Å²) in [5.41, 5.74) is 2.54. The summed E-state index contributed by atoms with van der Waals surface area (Å²) in [7, 11) is 0. The molecule has 0 radical (unpaired) electrons. The summed E-state index contributed by atoms with van der Waals surface area (Å²) in [5.74, 6) is 5.34. The fourth-order valence-electron chi connectivity index (χ4n) is 10.4. The van der Waals surface area contributed by atoms with E-state index in [9.17, 15) is 4.79 Å². The third-order valence-electron chi connectivity index (χ3n) is 12.8. The standard InChI is InChI=1S/C38H66O2/c1-7-8-9-10-11-12-13-14-18-36(39)40-31-23-25-37(5)30(27-31)19-20-32-34-22-21-33(29(4)17-15-16-28(2)3)38(34,6)26-24-35(32)37/h19,28-29,31-35H,7-18,20-27H2,1-6H3/t29-,31+,32-,33+,34-,35-,37-,38+/m0/s1. The number of ether oxygens (including phenoxy) is 1. The number of hydrogen-bond donors (Lipinski definition) is 0. The Bertz CT molecular complexity index is 827. The number of carbonyl (C=O) groups is 1. The Balaban J connectivity index is 1.26. The molecule has 0 aliphatic heterocycles. The van der Waals surface area contributed by atoms with Gasteiger partial charge < -0.3 is 4.74 Å². The smallest absolute Gasteiger partial charge is 0.306 e. The van der Waals surface area contributed by atoms with E-state index in [1.165, 1.54) is 103 Å². The topological polar surface area (TPSA) is 26.3 Å². The second-order valence-corrected chi connectivity index (χ2v) is 15.9. The summed E-state index contributed by atoms with van der Waals surface area (Å²) in [5, 5.41) is 0. The third-order valence-corrected chi connectivity index (χ3v) is 12.8. The lowest BCUT2D eigenvalue weighted by atomic mass is 9.47. The first-order valence-corrected chi connectivity index (χ1v) is 18.1. The van der Waals surface area contributed by atoms with Gasteiger partial charge in [0.15, 0.2) is 0 Å². The van der Waals surface area contributed by atoms with Crippen molar-refractivity contribution in [1.82, 2.24) is 0 Å². The van der Waals surface area contributed by atoms with Gasteiger partial charge in [0, 0.05) is 12.8 Å². The maximum absolute atomic E-state index is 12.7. The summed E-state index contributed by atoms with van der Waals surface area (Å²) in [6.07, 6.45) is 28.1. The molecule has 4 aliphatic carbocycles. The molecule has 4 rings (SSSR count). The number of hydrogen-bond acceptors (Lipinski definition) is 2. The van der Waals surface area contributed by atoms with Crippen LogP contribution in [0.15, 0.2) is 11.6 Å². The molecule has 0 saturated heterocycles. The van der Waals surface area contributed by atoms with Crippen molar-refractivity contribution in [2.24, 2.45) is 46.3 Å². The van der Waals surface area contributed by atoms with E-state index in [2.05, 4.69) is 47.6 Å². The molecule has 3 fully saturated rings. The zero-order valence-electron chi connectivity index (χ0n) is 27.6. The Morgan fingerprint density at radius 3 is 2.33 bits per heavy atom. The second-order valence-electron chi connectivity index (χ2n) is 15.9. The summed E-state index contributed by atoms with van der Waals surface area (Å²) < 4.78 is 6.07. The van der Waals surface area contributed by atoms with Crippen molar-refractivity contribution in [3.8, 4) is 0 Å². The normalized spacial score (nSPS) is 36.0. The molecule has 4 aliphatic rings. The Morgan fingerprint density at radius 1 is 0.875 bits per heavy atom. The first-order valence-electron chi connectivity index (χ1n) is 18.1. The lowest BCUT2D eigenvalue weighted by molar-refractivity contribution is -0.151. The highest BCUT2D eigenvalue weighted by atomic mass is 16.5. The van der Waals surface area contributed by atoms with Crippen molar-refractivity contribution in [1.29, 1.82) is 0 Å². The van der Waals surface area contributed by atoms with Gasteiger partial charge in [-0.1, -0.05) is 117 Å². The van der Waals surface area contributed by atoms with E-state index in [0.29, 0.717) is 17.3 Å². The lowest BCUT2D eigenvalue weighted by Gasteiger charge is -2.58. The first kappa shape index (κ1) is 32.1. The largest absolute Gasteiger partial charge is 0.462 e. The minimum atomic E-state index is 0.0572. The van der Waals surface area contributed by atoms with Crippen LogP contribution < -0.4 is 0 Å². The molecule has 0 heterocycles. The Kier molecular flexibility index (Phi) is 11.7. The average Bonchev–Trinajstić information content (AvgIpc) is 3.27. The molecule has 0 aromatic carbocycles. The lowest BCUT2D eigenvalue weighted by Crippen LogP contribution is -2.51. The summed E-state index contributed by atoms with van der Waals surface area (Å²) in [4.78, 5) is 12.7. The van der Waals surface area contributed by atoms with Crippen LogP contribution in [0, 0.1) is 46.3 Å². The molecule has 0 spiro atoms. The van der Waals surface area contributed by atoms with Crippen molar-refractivity contribution in [3.05, 3.63) is 11.6 Å². The molecule has 0 aromatic rings. The van der Waals surface area contributed by atoms with Crippen molar-refractivity contribution < 1.29 is 9.53 Å². The maximum Gasteiger partial charge on any atom is 0.306 e. The van der Waals surface area contributed by atoms with E-state index in [-0.39, 0.29) is 12.1 Å². The Hall–Kier alpha value is -0.790. The highest BCUT2D eigenvalue weighted by Gasteiger charge is 2.59. The van der Waals surface area contributed by atoms with Crippen LogP contribution in [-0.4, -0.2) is 12.1 Å². The van der Waals surface area contributed by atoms with Crippen LogP contribution in [0.1, 0.15) is 170 Å². The summed E-state index contributed by atoms with van der Waals surface area (Å²) in [6, 6.07) is 0. The number of esters is 1. The summed E-state index contributed by atoms with van der Waals surface area (Å²) >= 11 is 0.